The number of primary sulfonamides is 1. The molecule has 7 heteroatoms. The Morgan fingerprint density at radius 3 is 2.55 bits per heavy atom. The molecular formula is C13H18N2O4S. The number of sulfonamides is 1. The van der Waals surface area contributed by atoms with Gasteiger partial charge in [0.2, 0.25) is 10.0 Å². The molecule has 1 aromatic carbocycles. The van der Waals surface area contributed by atoms with Crippen molar-refractivity contribution >= 4 is 15.9 Å². The molecule has 1 aliphatic carbocycles. The maximum absolute atomic E-state index is 12.1. The van der Waals surface area contributed by atoms with Crippen LogP contribution in [0, 0.1) is 6.92 Å². The molecule has 2 rings (SSSR count). The number of benzene rings is 1. The molecule has 0 aromatic heterocycles. The molecule has 110 valence electrons. The Kier molecular flexibility index (Phi) is 4.12. The van der Waals surface area contributed by atoms with Crippen molar-refractivity contribution in [2.75, 3.05) is 7.11 Å². The highest BCUT2D eigenvalue weighted by atomic mass is 32.2. The highest BCUT2D eigenvalue weighted by Gasteiger charge is 2.30. The summed E-state index contributed by atoms with van der Waals surface area (Å²) in [6.45, 7) is 1.72. The number of carbonyl (C=O) groups is 1. The van der Waals surface area contributed by atoms with Crippen molar-refractivity contribution in [1.82, 2.24) is 5.32 Å². The van der Waals surface area contributed by atoms with Crippen LogP contribution < -0.4 is 10.5 Å². The van der Waals surface area contributed by atoms with E-state index in [1.165, 1.54) is 12.1 Å². The van der Waals surface area contributed by atoms with E-state index in [0.29, 0.717) is 11.1 Å². The van der Waals surface area contributed by atoms with E-state index in [1.54, 1.807) is 20.1 Å². The van der Waals surface area contributed by atoms with E-state index in [9.17, 15) is 13.2 Å². The van der Waals surface area contributed by atoms with Gasteiger partial charge in [-0.05, 0) is 43.5 Å². The average molecular weight is 298 g/mol. The maximum atomic E-state index is 12.1. The van der Waals surface area contributed by atoms with Crippen molar-refractivity contribution < 1.29 is 17.9 Å². The number of nitrogens with one attached hydrogen (secondary N) is 1. The van der Waals surface area contributed by atoms with Crippen LogP contribution in [-0.2, 0) is 14.8 Å². The van der Waals surface area contributed by atoms with Crippen LogP contribution >= 0.6 is 0 Å². The predicted octanol–water partition coefficient (Wildman–Crippen LogP) is 0.550. The number of nitrogens with two attached hydrogens (primary N) is 1. The minimum Gasteiger partial charge on any atom is -0.381 e. The summed E-state index contributed by atoms with van der Waals surface area (Å²) in [4.78, 5) is 12.0. The average Bonchev–Trinajstić information content (AvgIpc) is 2.31. The van der Waals surface area contributed by atoms with Crippen molar-refractivity contribution in [3.63, 3.8) is 0 Å². The van der Waals surface area contributed by atoms with Gasteiger partial charge in [-0.1, -0.05) is 0 Å². The van der Waals surface area contributed by atoms with Crippen LogP contribution in [0.4, 0.5) is 0 Å². The van der Waals surface area contributed by atoms with E-state index in [-0.39, 0.29) is 22.9 Å². The first-order valence-corrected chi connectivity index (χ1v) is 7.82. The fraction of sp³-hybridized carbons (Fsp3) is 0.462. The third-order valence-electron chi connectivity index (χ3n) is 3.40. The van der Waals surface area contributed by atoms with Crippen molar-refractivity contribution in [1.29, 1.82) is 0 Å². The lowest BCUT2D eigenvalue weighted by atomic mass is 9.89. The number of carbonyl (C=O) groups excluding carboxylic acids is 1. The first-order chi connectivity index (χ1) is 9.29. The predicted molar refractivity (Wildman–Crippen MR) is 73.8 cm³/mol. The van der Waals surface area contributed by atoms with Gasteiger partial charge in [0.25, 0.3) is 5.91 Å². The number of hydrogen-bond donors (Lipinski definition) is 2. The fourth-order valence-electron chi connectivity index (χ4n) is 2.19. The Balaban J connectivity index is 2.12. The molecule has 1 aliphatic rings. The monoisotopic (exact) mass is 298 g/mol. The zero-order chi connectivity index (χ0) is 14.9. The molecule has 1 amide bonds. The molecule has 1 saturated carbocycles. The Morgan fingerprint density at radius 2 is 2.00 bits per heavy atom. The van der Waals surface area contributed by atoms with E-state index in [1.807, 2.05) is 0 Å². The van der Waals surface area contributed by atoms with Gasteiger partial charge in [-0.15, -0.1) is 0 Å². The van der Waals surface area contributed by atoms with Crippen molar-refractivity contribution in [3.05, 3.63) is 29.3 Å². The number of methoxy groups -OCH3 is 1. The summed E-state index contributed by atoms with van der Waals surface area (Å²) in [7, 11) is -2.17. The third kappa shape index (κ3) is 3.36. The van der Waals surface area contributed by atoms with E-state index in [0.717, 1.165) is 12.8 Å². The lowest BCUT2D eigenvalue weighted by molar-refractivity contribution is 0.0176. The molecular weight excluding hydrogens is 280 g/mol. The highest BCUT2D eigenvalue weighted by molar-refractivity contribution is 7.89. The van der Waals surface area contributed by atoms with E-state index >= 15 is 0 Å². The molecule has 3 N–H and O–H groups in total. The van der Waals surface area contributed by atoms with Crippen LogP contribution in [0.1, 0.15) is 28.8 Å². The summed E-state index contributed by atoms with van der Waals surface area (Å²) in [6, 6.07) is 4.45. The number of rotatable bonds is 4. The highest BCUT2D eigenvalue weighted by Crippen LogP contribution is 2.23. The van der Waals surface area contributed by atoms with Gasteiger partial charge < -0.3 is 10.1 Å². The zero-order valence-corrected chi connectivity index (χ0v) is 12.2. The molecule has 0 unspecified atom stereocenters. The van der Waals surface area contributed by atoms with Crippen LogP contribution in [0.3, 0.4) is 0 Å². The van der Waals surface area contributed by atoms with Crippen LogP contribution in [0.5, 0.6) is 0 Å². The van der Waals surface area contributed by atoms with Crippen molar-refractivity contribution in [3.8, 4) is 0 Å². The zero-order valence-electron chi connectivity index (χ0n) is 11.4. The molecule has 0 bridgehead atoms. The molecule has 0 radical (unpaired) electrons. The summed E-state index contributed by atoms with van der Waals surface area (Å²) < 4.78 is 27.9. The maximum Gasteiger partial charge on any atom is 0.251 e. The summed E-state index contributed by atoms with van der Waals surface area (Å²) in [5.74, 6) is -0.293. The molecule has 0 spiro atoms. The largest absolute Gasteiger partial charge is 0.381 e. The number of aryl methyl sites for hydroxylation is 1. The normalized spacial score (nSPS) is 22.1. The number of amides is 1. The molecule has 20 heavy (non-hydrogen) atoms. The Labute approximate surface area is 118 Å². The number of ether oxygens (including phenoxy) is 1. The van der Waals surface area contributed by atoms with Gasteiger partial charge >= 0.3 is 0 Å². The molecule has 1 aromatic rings. The first-order valence-electron chi connectivity index (χ1n) is 6.27. The van der Waals surface area contributed by atoms with Crippen molar-refractivity contribution in [2.45, 2.75) is 36.8 Å². The molecule has 6 nitrogen and oxygen atoms in total. The molecule has 0 aliphatic heterocycles. The fourth-order valence-corrected chi connectivity index (χ4v) is 2.83. The third-order valence-corrected chi connectivity index (χ3v) is 4.30. The van der Waals surface area contributed by atoms with Crippen molar-refractivity contribution in [2.24, 2.45) is 5.14 Å². The van der Waals surface area contributed by atoms with Gasteiger partial charge in [-0.25, -0.2) is 13.6 Å². The van der Waals surface area contributed by atoms with Gasteiger partial charge in [-0.2, -0.15) is 0 Å². The minimum absolute atomic E-state index is 0.0500. The summed E-state index contributed by atoms with van der Waals surface area (Å²) in [6.07, 6.45) is 1.74. The summed E-state index contributed by atoms with van der Waals surface area (Å²) in [5.41, 5.74) is 0.972. The van der Waals surface area contributed by atoms with Crippen LogP contribution in [0.2, 0.25) is 0 Å². The molecule has 0 saturated heterocycles. The topological polar surface area (TPSA) is 98.5 Å². The smallest absolute Gasteiger partial charge is 0.251 e. The first kappa shape index (κ1) is 15.0. The van der Waals surface area contributed by atoms with E-state index in [4.69, 9.17) is 9.88 Å². The lowest BCUT2D eigenvalue weighted by Gasteiger charge is -2.34. The van der Waals surface area contributed by atoms with Crippen LogP contribution in [-0.4, -0.2) is 33.6 Å². The standard InChI is InChI=1S/C13H18N2O4S/c1-8-3-9(5-12(4-8)20(14,17)18)13(16)15-10-6-11(7-10)19-2/h3-5,10-11H,6-7H2,1-2H3,(H,15,16)(H2,14,17,18). The van der Waals surface area contributed by atoms with Crippen LogP contribution in [0.25, 0.3) is 0 Å². The Hall–Kier alpha value is -1.44. The molecule has 0 atom stereocenters. The summed E-state index contributed by atoms with van der Waals surface area (Å²) in [5, 5.41) is 7.94. The minimum atomic E-state index is -3.81. The SMILES string of the molecule is COC1CC(NC(=O)c2cc(C)cc(S(N)(=O)=O)c2)C1. The second kappa shape index (κ2) is 5.51. The Bertz CT molecular complexity index is 621. The summed E-state index contributed by atoms with van der Waals surface area (Å²) >= 11 is 0. The Morgan fingerprint density at radius 1 is 1.35 bits per heavy atom. The van der Waals surface area contributed by atoms with E-state index < -0.39 is 10.0 Å². The van der Waals surface area contributed by atoms with Gasteiger partial charge in [0.1, 0.15) is 0 Å². The second-order valence-corrected chi connectivity index (χ2v) is 6.64. The second-order valence-electron chi connectivity index (χ2n) is 5.08. The van der Waals surface area contributed by atoms with E-state index in [2.05, 4.69) is 5.32 Å². The van der Waals surface area contributed by atoms with Gasteiger partial charge in [0, 0.05) is 18.7 Å². The molecule has 1 fully saturated rings. The van der Waals surface area contributed by atoms with Gasteiger partial charge in [0.15, 0.2) is 0 Å². The number of hydrogen-bond acceptors (Lipinski definition) is 4. The van der Waals surface area contributed by atoms with Crippen LogP contribution in [0.15, 0.2) is 23.1 Å². The van der Waals surface area contributed by atoms with Gasteiger partial charge in [-0.3, -0.25) is 4.79 Å². The molecule has 0 heterocycles. The quantitative estimate of drug-likeness (QED) is 0.848. The van der Waals surface area contributed by atoms with Gasteiger partial charge in [0.05, 0.1) is 11.0 Å². The lowest BCUT2D eigenvalue weighted by Crippen LogP contribution is -2.47.